The van der Waals surface area contributed by atoms with Crippen LogP contribution in [0.3, 0.4) is 0 Å². The molecule has 1 aliphatic carbocycles. The van der Waals surface area contributed by atoms with Crippen LogP contribution in [0.5, 0.6) is 0 Å². The van der Waals surface area contributed by atoms with E-state index in [4.69, 9.17) is 10.5 Å². The van der Waals surface area contributed by atoms with Gasteiger partial charge < -0.3 is 20.7 Å². The SMILES string of the molecule is Cl.Cl.NC1(C(=O)Nc2cc(F)cc(N3CCOCC3)c2)CCCC1. The zero-order chi connectivity index (χ0) is 15.6. The summed E-state index contributed by atoms with van der Waals surface area (Å²) < 4.78 is 19.2. The fourth-order valence-electron chi connectivity index (χ4n) is 3.14. The molecule has 24 heavy (non-hydrogen) atoms. The van der Waals surface area contributed by atoms with Gasteiger partial charge in [-0.1, -0.05) is 12.8 Å². The Morgan fingerprint density at radius 2 is 1.79 bits per heavy atom. The highest BCUT2D eigenvalue weighted by Gasteiger charge is 2.37. The van der Waals surface area contributed by atoms with E-state index in [1.54, 1.807) is 6.07 Å². The normalized spacial score (nSPS) is 19.2. The zero-order valence-electron chi connectivity index (χ0n) is 13.4. The number of hydrogen-bond acceptors (Lipinski definition) is 4. The Labute approximate surface area is 153 Å². The van der Waals surface area contributed by atoms with Crippen LogP contribution in [0.25, 0.3) is 0 Å². The molecule has 2 fully saturated rings. The largest absolute Gasteiger partial charge is 0.378 e. The van der Waals surface area contributed by atoms with Gasteiger partial charge in [0.25, 0.3) is 0 Å². The number of amides is 1. The van der Waals surface area contributed by atoms with Crippen molar-refractivity contribution in [1.82, 2.24) is 0 Å². The van der Waals surface area contributed by atoms with Crippen LogP contribution in [0.1, 0.15) is 25.7 Å². The lowest BCUT2D eigenvalue weighted by Crippen LogP contribution is -2.48. The number of morpholine rings is 1. The molecule has 1 aromatic rings. The van der Waals surface area contributed by atoms with Crippen LogP contribution in [-0.4, -0.2) is 37.7 Å². The summed E-state index contributed by atoms with van der Waals surface area (Å²) in [6.45, 7) is 2.70. The lowest BCUT2D eigenvalue weighted by Gasteiger charge is -2.29. The van der Waals surface area contributed by atoms with Crippen molar-refractivity contribution in [2.45, 2.75) is 31.2 Å². The number of ether oxygens (including phenoxy) is 1. The highest BCUT2D eigenvalue weighted by atomic mass is 35.5. The molecule has 0 aromatic heterocycles. The molecule has 1 aliphatic heterocycles. The van der Waals surface area contributed by atoms with Gasteiger partial charge >= 0.3 is 0 Å². The molecule has 2 aliphatic rings. The smallest absolute Gasteiger partial charge is 0.244 e. The minimum Gasteiger partial charge on any atom is -0.378 e. The van der Waals surface area contributed by atoms with Crippen molar-refractivity contribution in [3.8, 4) is 0 Å². The van der Waals surface area contributed by atoms with Crippen LogP contribution in [0.2, 0.25) is 0 Å². The number of nitrogens with zero attached hydrogens (tertiary/aromatic N) is 1. The van der Waals surface area contributed by atoms with Crippen molar-refractivity contribution in [3.63, 3.8) is 0 Å². The molecule has 1 saturated carbocycles. The third kappa shape index (κ3) is 4.72. The Balaban J connectivity index is 0.00000144. The van der Waals surface area contributed by atoms with Crippen LogP contribution in [0, 0.1) is 5.82 Å². The Hall–Kier alpha value is -1.08. The summed E-state index contributed by atoms with van der Waals surface area (Å²) in [5.41, 5.74) is 6.54. The average Bonchev–Trinajstić information content (AvgIpc) is 2.96. The van der Waals surface area contributed by atoms with E-state index < -0.39 is 5.54 Å². The van der Waals surface area contributed by atoms with E-state index in [1.807, 2.05) is 0 Å². The minimum atomic E-state index is -0.814. The van der Waals surface area contributed by atoms with Gasteiger partial charge in [0.05, 0.1) is 18.8 Å². The second-order valence-corrected chi connectivity index (χ2v) is 6.11. The number of halogens is 3. The monoisotopic (exact) mass is 379 g/mol. The molecule has 0 unspecified atom stereocenters. The molecule has 0 bridgehead atoms. The third-order valence-corrected chi connectivity index (χ3v) is 4.46. The summed E-state index contributed by atoms with van der Waals surface area (Å²) in [5, 5.41) is 2.78. The van der Waals surface area contributed by atoms with Gasteiger partial charge in [-0.2, -0.15) is 0 Å². The second-order valence-electron chi connectivity index (χ2n) is 6.11. The predicted molar refractivity (Wildman–Crippen MR) is 97.9 cm³/mol. The molecule has 5 nitrogen and oxygen atoms in total. The predicted octanol–water partition coefficient (Wildman–Crippen LogP) is 2.72. The fraction of sp³-hybridized carbons (Fsp3) is 0.562. The molecule has 0 radical (unpaired) electrons. The lowest BCUT2D eigenvalue weighted by atomic mass is 9.98. The van der Waals surface area contributed by atoms with Crippen molar-refractivity contribution in [2.24, 2.45) is 5.73 Å². The first-order valence-electron chi connectivity index (χ1n) is 7.80. The summed E-state index contributed by atoms with van der Waals surface area (Å²) in [4.78, 5) is 14.4. The number of hydrogen-bond donors (Lipinski definition) is 2. The van der Waals surface area contributed by atoms with Gasteiger partial charge in [-0.05, 0) is 31.0 Å². The fourth-order valence-corrected chi connectivity index (χ4v) is 3.14. The number of carbonyl (C=O) groups is 1. The van der Waals surface area contributed by atoms with Crippen LogP contribution in [0.4, 0.5) is 15.8 Å². The maximum Gasteiger partial charge on any atom is 0.244 e. The molecule has 136 valence electrons. The maximum atomic E-state index is 13.9. The van der Waals surface area contributed by atoms with Gasteiger partial charge in [-0.15, -0.1) is 24.8 Å². The van der Waals surface area contributed by atoms with Crippen LogP contribution in [0.15, 0.2) is 18.2 Å². The molecule has 1 aromatic carbocycles. The van der Waals surface area contributed by atoms with Crippen LogP contribution >= 0.6 is 24.8 Å². The zero-order valence-corrected chi connectivity index (χ0v) is 15.1. The Bertz CT molecular complexity index is 562. The van der Waals surface area contributed by atoms with Crippen LogP contribution in [-0.2, 0) is 9.53 Å². The third-order valence-electron chi connectivity index (χ3n) is 4.46. The van der Waals surface area contributed by atoms with E-state index in [1.165, 1.54) is 12.1 Å². The van der Waals surface area contributed by atoms with E-state index in [0.29, 0.717) is 31.7 Å². The molecule has 8 heteroatoms. The number of nitrogens with two attached hydrogens (primary N) is 1. The molecule has 0 atom stereocenters. The number of anilines is 2. The first-order valence-corrected chi connectivity index (χ1v) is 7.80. The molecular weight excluding hydrogens is 356 g/mol. The van der Waals surface area contributed by atoms with Crippen molar-refractivity contribution >= 4 is 42.1 Å². The van der Waals surface area contributed by atoms with Crippen molar-refractivity contribution in [1.29, 1.82) is 0 Å². The molecule has 3 rings (SSSR count). The van der Waals surface area contributed by atoms with Gasteiger partial charge in [-0.3, -0.25) is 4.79 Å². The van der Waals surface area contributed by atoms with E-state index in [2.05, 4.69) is 10.2 Å². The molecule has 1 heterocycles. The lowest BCUT2D eigenvalue weighted by molar-refractivity contribution is -0.121. The standard InChI is InChI=1S/C16H22FN3O2.2ClH/c17-12-9-13(19-15(21)16(18)3-1-2-4-16)11-14(10-12)20-5-7-22-8-6-20;;/h9-11H,1-8,18H2,(H,19,21);2*1H. The molecule has 1 amide bonds. The average molecular weight is 380 g/mol. The van der Waals surface area contributed by atoms with Crippen molar-refractivity contribution < 1.29 is 13.9 Å². The van der Waals surface area contributed by atoms with Gasteiger partial charge in [0.1, 0.15) is 5.82 Å². The van der Waals surface area contributed by atoms with Gasteiger partial charge in [0.15, 0.2) is 0 Å². The summed E-state index contributed by atoms with van der Waals surface area (Å²) >= 11 is 0. The quantitative estimate of drug-likeness (QED) is 0.846. The molecular formula is C16H24Cl2FN3O2. The summed E-state index contributed by atoms with van der Waals surface area (Å²) in [5.74, 6) is -0.583. The van der Waals surface area contributed by atoms with E-state index in [-0.39, 0.29) is 36.5 Å². The maximum absolute atomic E-state index is 13.9. The Morgan fingerprint density at radius 1 is 1.17 bits per heavy atom. The number of benzene rings is 1. The summed E-state index contributed by atoms with van der Waals surface area (Å²) in [6, 6.07) is 4.61. The summed E-state index contributed by atoms with van der Waals surface area (Å²) in [6.07, 6.45) is 3.30. The topological polar surface area (TPSA) is 67.6 Å². The summed E-state index contributed by atoms with van der Waals surface area (Å²) in [7, 11) is 0. The number of rotatable bonds is 3. The molecule has 1 saturated heterocycles. The van der Waals surface area contributed by atoms with Gasteiger partial charge in [0.2, 0.25) is 5.91 Å². The molecule has 0 spiro atoms. The minimum absolute atomic E-state index is 0. The highest BCUT2D eigenvalue weighted by molar-refractivity contribution is 5.98. The van der Waals surface area contributed by atoms with E-state index >= 15 is 0 Å². The van der Waals surface area contributed by atoms with Gasteiger partial charge in [-0.25, -0.2) is 4.39 Å². The Kier molecular flexibility index (Phi) is 7.73. The van der Waals surface area contributed by atoms with Crippen LogP contribution < -0.4 is 16.0 Å². The van der Waals surface area contributed by atoms with Gasteiger partial charge in [0, 0.05) is 24.5 Å². The molecule has 3 N–H and O–H groups in total. The van der Waals surface area contributed by atoms with Crippen molar-refractivity contribution in [2.75, 3.05) is 36.5 Å². The Morgan fingerprint density at radius 3 is 2.42 bits per heavy atom. The first kappa shape index (κ1) is 21.0. The number of nitrogens with one attached hydrogen (secondary N) is 1. The highest BCUT2D eigenvalue weighted by Crippen LogP contribution is 2.29. The van der Waals surface area contributed by atoms with Crippen molar-refractivity contribution in [3.05, 3.63) is 24.0 Å². The second kappa shape index (κ2) is 8.85. The van der Waals surface area contributed by atoms with E-state index in [9.17, 15) is 9.18 Å². The first-order chi connectivity index (χ1) is 10.6. The number of carbonyl (C=O) groups excluding carboxylic acids is 1. The van der Waals surface area contributed by atoms with E-state index in [0.717, 1.165) is 31.6 Å².